The molecule has 21 heavy (non-hydrogen) atoms. The van der Waals surface area contributed by atoms with Crippen molar-refractivity contribution in [2.75, 3.05) is 0 Å². The molecule has 1 aliphatic carbocycles. The maximum Gasteiger partial charge on any atom is 0.205 e. The van der Waals surface area contributed by atoms with Gasteiger partial charge in [0.2, 0.25) is 5.88 Å². The van der Waals surface area contributed by atoms with Crippen molar-refractivity contribution >= 4 is 11.6 Å². The van der Waals surface area contributed by atoms with Crippen LogP contribution in [0, 0.1) is 11.3 Å². The number of nitriles is 1. The first-order valence-corrected chi connectivity index (χ1v) is 7.64. The van der Waals surface area contributed by atoms with E-state index in [0.29, 0.717) is 10.6 Å². The minimum absolute atomic E-state index is 0.162. The summed E-state index contributed by atoms with van der Waals surface area (Å²) >= 11 is 6.36. The van der Waals surface area contributed by atoms with Crippen molar-refractivity contribution in [2.24, 2.45) is 5.73 Å². The zero-order valence-corrected chi connectivity index (χ0v) is 12.5. The highest BCUT2D eigenvalue weighted by Gasteiger charge is 2.33. The Morgan fingerprint density at radius 2 is 1.95 bits per heavy atom. The Labute approximate surface area is 129 Å². The molecule has 2 aliphatic rings. The summed E-state index contributed by atoms with van der Waals surface area (Å²) in [5, 5.41) is 10.2. The smallest absolute Gasteiger partial charge is 0.205 e. The van der Waals surface area contributed by atoms with Gasteiger partial charge in [0, 0.05) is 11.4 Å². The van der Waals surface area contributed by atoms with Crippen molar-refractivity contribution in [3.8, 4) is 6.07 Å². The summed E-state index contributed by atoms with van der Waals surface area (Å²) in [6, 6.07) is 9.88. The molecule has 0 aromatic heterocycles. The van der Waals surface area contributed by atoms with E-state index in [2.05, 4.69) is 6.07 Å². The van der Waals surface area contributed by atoms with Crippen LogP contribution >= 0.6 is 11.6 Å². The van der Waals surface area contributed by atoms with Gasteiger partial charge in [-0.15, -0.1) is 0 Å². The lowest BCUT2D eigenvalue weighted by atomic mass is 9.81. The first-order valence-electron chi connectivity index (χ1n) is 7.26. The fraction of sp³-hybridized carbons (Fsp3) is 0.353. The number of hydrogen-bond acceptors (Lipinski definition) is 3. The van der Waals surface area contributed by atoms with Crippen LogP contribution in [0.2, 0.25) is 5.02 Å². The van der Waals surface area contributed by atoms with Crippen LogP contribution in [0.15, 0.2) is 47.1 Å². The van der Waals surface area contributed by atoms with Crippen LogP contribution in [0.25, 0.3) is 0 Å². The molecule has 0 radical (unpaired) electrons. The Kier molecular flexibility index (Phi) is 3.90. The van der Waals surface area contributed by atoms with Crippen molar-refractivity contribution in [1.29, 1.82) is 5.26 Å². The molecule has 108 valence electrons. The van der Waals surface area contributed by atoms with Gasteiger partial charge in [0.25, 0.3) is 0 Å². The third kappa shape index (κ3) is 2.52. The molecule has 3 nitrogen and oxygen atoms in total. The van der Waals surface area contributed by atoms with Gasteiger partial charge in [0.05, 0.1) is 5.92 Å². The van der Waals surface area contributed by atoms with E-state index in [1.165, 1.54) is 12.0 Å². The molecule has 1 unspecified atom stereocenters. The summed E-state index contributed by atoms with van der Waals surface area (Å²) < 4.78 is 5.74. The summed E-state index contributed by atoms with van der Waals surface area (Å²) in [5.41, 5.74) is 8.57. The molecule has 1 aromatic rings. The second-order valence-corrected chi connectivity index (χ2v) is 5.86. The van der Waals surface area contributed by atoms with Crippen LogP contribution in [-0.2, 0) is 4.74 Å². The fourth-order valence-corrected chi connectivity index (χ4v) is 3.42. The number of hydrogen-bond donors (Lipinski definition) is 1. The summed E-state index contributed by atoms with van der Waals surface area (Å²) in [6.45, 7) is 0. The number of rotatable bonds is 1. The van der Waals surface area contributed by atoms with Gasteiger partial charge in [0.15, 0.2) is 0 Å². The molecule has 0 spiro atoms. The van der Waals surface area contributed by atoms with Gasteiger partial charge < -0.3 is 10.5 Å². The van der Waals surface area contributed by atoms with E-state index in [9.17, 15) is 5.26 Å². The number of nitrogens with zero attached hydrogens (tertiary/aromatic N) is 1. The molecule has 1 heterocycles. The maximum atomic E-state index is 9.51. The van der Waals surface area contributed by atoms with E-state index < -0.39 is 0 Å². The molecule has 2 N–H and O–H groups in total. The molecule has 4 heteroatoms. The Morgan fingerprint density at radius 1 is 1.19 bits per heavy atom. The zero-order chi connectivity index (χ0) is 14.8. The Morgan fingerprint density at radius 3 is 2.71 bits per heavy atom. The van der Waals surface area contributed by atoms with Gasteiger partial charge in [-0.05, 0) is 36.5 Å². The van der Waals surface area contributed by atoms with Crippen LogP contribution in [0.4, 0.5) is 0 Å². The van der Waals surface area contributed by atoms with E-state index >= 15 is 0 Å². The highest BCUT2D eigenvalue weighted by atomic mass is 35.5. The summed E-state index contributed by atoms with van der Waals surface area (Å²) in [6.07, 6.45) is 5.21. The van der Waals surface area contributed by atoms with Gasteiger partial charge >= 0.3 is 0 Å². The summed E-state index contributed by atoms with van der Waals surface area (Å²) in [7, 11) is 0. The maximum absolute atomic E-state index is 9.51. The molecule has 0 fully saturated rings. The standard InChI is InChI=1S/C17H17ClN2O/c18-14-8-5-4-6-11(14)16-12-7-2-1-3-9-15(12)21-17(20)13(16)10-19/h4-6,8,16H,1-3,7,9,20H2. The van der Waals surface area contributed by atoms with Gasteiger partial charge in [0.1, 0.15) is 17.4 Å². The minimum atomic E-state index is -0.162. The number of halogens is 1. The lowest BCUT2D eigenvalue weighted by Crippen LogP contribution is -2.20. The molecule has 0 saturated carbocycles. The van der Waals surface area contributed by atoms with E-state index in [1.54, 1.807) is 0 Å². The lowest BCUT2D eigenvalue weighted by molar-refractivity contribution is 0.264. The van der Waals surface area contributed by atoms with E-state index in [4.69, 9.17) is 22.1 Å². The van der Waals surface area contributed by atoms with Crippen molar-refractivity contribution < 1.29 is 4.74 Å². The van der Waals surface area contributed by atoms with Crippen LogP contribution in [0.3, 0.4) is 0 Å². The average molecular weight is 301 g/mol. The highest BCUT2D eigenvalue weighted by molar-refractivity contribution is 6.31. The highest BCUT2D eigenvalue weighted by Crippen LogP contribution is 2.45. The first kappa shape index (κ1) is 14.0. The number of nitrogens with two attached hydrogens (primary N) is 1. The van der Waals surface area contributed by atoms with Gasteiger partial charge in [-0.25, -0.2) is 0 Å². The van der Waals surface area contributed by atoms with Gasteiger partial charge in [-0.1, -0.05) is 36.2 Å². The van der Waals surface area contributed by atoms with Gasteiger partial charge in [-0.2, -0.15) is 5.26 Å². The Hall–Kier alpha value is -1.92. The zero-order valence-electron chi connectivity index (χ0n) is 11.7. The predicted octanol–water partition coefficient (Wildman–Crippen LogP) is 4.37. The third-order valence-corrected chi connectivity index (χ3v) is 4.52. The normalized spacial score (nSPS) is 22.2. The van der Waals surface area contributed by atoms with Crippen molar-refractivity contribution in [3.63, 3.8) is 0 Å². The number of allylic oxidation sites excluding steroid dienone is 3. The average Bonchev–Trinajstić information content (AvgIpc) is 2.71. The molecular formula is C17H17ClN2O. The minimum Gasteiger partial charge on any atom is -0.445 e. The number of benzene rings is 1. The molecule has 1 aliphatic heterocycles. The molecule has 3 rings (SSSR count). The van der Waals surface area contributed by atoms with Crippen molar-refractivity contribution in [2.45, 2.75) is 38.0 Å². The Bertz CT molecular complexity index is 670. The van der Waals surface area contributed by atoms with E-state index in [1.807, 2.05) is 24.3 Å². The van der Waals surface area contributed by atoms with Gasteiger partial charge in [-0.3, -0.25) is 0 Å². The SMILES string of the molecule is N#CC1=C(N)OC2=C(CCCCC2)C1c1ccccc1Cl. The second kappa shape index (κ2) is 5.83. The second-order valence-electron chi connectivity index (χ2n) is 5.46. The van der Waals surface area contributed by atoms with Crippen molar-refractivity contribution in [3.05, 3.63) is 57.6 Å². The topological polar surface area (TPSA) is 59.0 Å². The Balaban J connectivity index is 2.15. The molecular weight excluding hydrogens is 284 g/mol. The predicted molar refractivity (Wildman–Crippen MR) is 82.2 cm³/mol. The quantitative estimate of drug-likeness (QED) is 0.838. The first-order chi connectivity index (χ1) is 10.2. The van der Waals surface area contributed by atoms with Crippen LogP contribution < -0.4 is 5.73 Å². The fourth-order valence-electron chi connectivity index (χ4n) is 3.18. The van der Waals surface area contributed by atoms with E-state index in [0.717, 1.165) is 37.0 Å². The van der Waals surface area contributed by atoms with Crippen LogP contribution in [0.5, 0.6) is 0 Å². The van der Waals surface area contributed by atoms with Crippen molar-refractivity contribution in [1.82, 2.24) is 0 Å². The number of ether oxygens (including phenoxy) is 1. The third-order valence-electron chi connectivity index (χ3n) is 4.18. The van der Waals surface area contributed by atoms with Crippen LogP contribution in [-0.4, -0.2) is 0 Å². The molecule has 0 amide bonds. The van der Waals surface area contributed by atoms with Crippen LogP contribution in [0.1, 0.15) is 43.6 Å². The molecule has 1 atom stereocenters. The summed E-state index contributed by atoms with van der Waals surface area (Å²) in [4.78, 5) is 0. The molecule has 0 saturated heterocycles. The summed E-state index contributed by atoms with van der Waals surface area (Å²) in [5.74, 6) is 1.00. The molecule has 0 bridgehead atoms. The molecule has 1 aromatic carbocycles. The monoisotopic (exact) mass is 300 g/mol. The van der Waals surface area contributed by atoms with E-state index in [-0.39, 0.29) is 11.8 Å². The lowest BCUT2D eigenvalue weighted by Gasteiger charge is -2.29. The largest absolute Gasteiger partial charge is 0.445 e.